The standard InChI is InChI=1S/C8H15NO/c1-4-6-8(5-2)9-7(3)10/h5,8H,2,4,6H2,1,3H3,(H,9,10)/t8-/m0/s1. The van der Waals surface area contributed by atoms with Crippen molar-refractivity contribution in [3.05, 3.63) is 12.7 Å². The first-order valence-corrected chi connectivity index (χ1v) is 3.60. The van der Waals surface area contributed by atoms with Crippen LogP contribution >= 0.6 is 0 Å². The molecule has 0 rings (SSSR count). The quantitative estimate of drug-likeness (QED) is 0.590. The molecule has 0 saturated heterocycles. The Morgan fingerprint density at radius 3 is 2.70 bits per heavy atom. The van der Waals surface area contributed by atoms with Gasteiger partial charge in [-0.3, -0.25) is 4.79 Å². The van der Waals surface area contributed by atoms with Crippen LogP contribution in [-0.4, -0.2) is 11.9 Å². The van der Waals surface area contributed by atoms with Crippen LogP contribution in [0.15, 0.2) is 12.7 Å². The molecule has 1 amide bonds. The zero-order chi connectivity index (χ0) is 7.98. The van der Waals surface area contributed by atoms with Gasteiger partial charge in [-0.1, -0.05) is 19.4 Å². The van der Waals surface area contributed by atoms with Crippen LogP contribution in [0.25, 0.3) is 0 Å². The molecule has 0 saturated carbocycles. The van der Waals surface area contributed by atoms with Crippen molar-refractivity contribution < 1.29 is 4.79 Å². The third-order valence-corrected chi connectivity index (χ3v) is 1.27. The van der Waals surface area contributed by atoms with E-state index in [1.807, 2.05) is 0 Å². The molecule has 10 heavy (non-hydrogen) atoms. The number of carbonyl (C=O) groups is 1. The number of amides is 1. The first kappa shape index (κ1) is 9.21. The predicted octanol–water partition coefficient (Wildman–Crippen LogP) is 1.48. The smallest absolute Gasteiger partial charge is 0.217 e. The Morgan fingerprint density at radius 1 is 1.80 bits per heavy atom. The van der Waals surface area contributed by atoms with Gasteiger partial charge in [0.25, 0.3) is 0 Å². The summed E-state index contributed by atoms with van der Waals surface area (Å²) >= 11 is 0. The van der Waals surface area contributed by atoms with E-state index >= 15 is 0 Å². The second-order valence-electron chi connectivity index (χ2n) is 2.33. The Bertz CT molecular complexity index is 120. The zero-order valence-corrected chi connectivity index (χ0v) is 6.68. The number of rotatable bonds is 4. The Morgan fingerprint density at radius 2 is 2.40 bits per heavy atom. The van der Waals surface area contributed by atoms with Crippen LogP contribution < -0.4 is 5.32 Å². The van der Waals surface area contributed by atoms with Crippen LogP contribution in [0, 0.1) is 0 Å². The normalized spacial score (nSPS) is 12.2. The lowest BCUT2D eigenvalue weighted by Crippen LogP contribution is -2.30. The molecule has 0 radical (unpaired) electrons. The fraction of sp³-hybridized carbons (Fsp3) is 0.625. The summed E-state index contributed by atoms with van der Waals surface area (Å²) in [5.74, 6) is 0.0124. The maximum Gasteiger partial charge on any atom is 0.217 e. The Labute approximate surface area is 62.3 Å². The van der Waals surface area contributed by atoms with Gasteiger partial charge >= 0.3 is 0 Å². The topological polar surface area (TPSA) is 29.1 Å². The van der Waals surface area contributed by atoms with Crippen molar-refractivity contribution in [1.82, 2.24) is 5.32 Å². The van der Waals surface area contributed by atoms with Gasteiger partial charge in [-0.2, -0.15) is 0 Å². The molecular weight excluding hydrogens is 126 g/mol. The van der Waals surface area contributed by atoms with Gasteiger partial charge in [0.15, 0.2) is 0 Å². The summed E-state index contributed by atoms with van der Waals surface area (Å²) in [6.45, 7) is 7.22. The highest BCUT2D eigenvalue weighted by molar-refractivity contribution is 5.73. The SMILES string of the molecule is C=C[C@@H](CCC)NC(C)=O. The van der Waals surface area contributed by atoms with Crippen molar-refractivity contribution in [2.24, 2.45) is 0 Å². The van der Waals surface area contributed by atoms with Crippen molar-refractivity contribution in [2.75, 3.05) is 0 Å². The van der Waals surface area contributed by atoms with Crippen LogP contribution in [-0.2, 0) is 4.79 Å². The Balaban J connectivity index is 3.59. The summed E-state index contributed by atoms with van der Waals surface area (Å²) < 4.78 is 0. The second-order valence-corrected chi connectivity index (χ2v) is 2.33. The lowest BCUT2D eigenvalue weighted by molar-refractivity contribution is -0.119. The number of hydrogen-bond donors (Lipinski definition) is 1. The van der Waals surface area contributed by atoms with E-state index in [0.29, 0.717) is 0 Å². The first-order chi connectivity index (χ1) is 4.70. The molecular formula is C8H15NO. The largest absolute Gasteiger partial charge is 0.350 e. The average molecular weight is 141 g/mol. The fourth-order valence-corrected chi connectivity index (χ4v) is 0.821. The summed E-state index contributed by atoms with van der Waals surface area (Å²) in [5, 5.41) is 2.77. The highest BCUT2D eigenvalue weighted by Crippen LogP contribution is 1.96. The summed E-state index contributed by atoms with van der Waals surface area (Å²) in [6, 6.07) is 0.155. The summed E-state index contributed by atoms with van der Waals surface area (Å²) in [6.07, 6.45) is 3.81. The molecule has 0 unspecified atom stereocenters. The van der Waals surface area contributed by atoms with E-state index in [4.69, 9.17) is 0 Å². The number of hydrogen-bond acceptors (Lipinski definition) is 1. The summed E-state index contributed by atoms with van der Waals surface area (Å²) in [7, 11) is 0. The molecule has 0 aliphatic rings. The lowest BCUT2D eigenvalue weighted by atomic mass is 10.2. The Kier molecular flexibility index (Phi) is 4.63. The molecule has 0 spiro atoms. The lowest BCUT2D eigenvalue weighted by Gasteiger charge is -2.10. The molecule has 2 nitrogen and oxygen atoms in total. The van der Waals surface area contributed by atoms with E-state index in [0.717, 1.165) is 12.8 Å². The van der Waals surface area contributed by atoms with Gasteiger partial charge in [0.1, 0.15) is 0 Å². The monoisotopic (exact) mass is 141 g/mol. The van der Waals surface area contributed by atoms with Crippen molar-refractivity contribution >= 4 is 5.91 Å². The molecule has 0 aliphatic carbocycles. The van der Waals surface area contributed by atoms with Gasteiger partial charge in [-0.25, -0.2) is 0 Å². The van der Waals surface area contributed by atoms with E-state index in [9.17, 15) is 4.79 Å². The van der Waals surface area contributed by atoms with Crippen LogP contribution in [0.3, 0.4) is 0 Å². The third kappa shape index (κ3) is 4.13. The van der Waals surface area contributed by atoms with Crippen molar-refractivity contribution in [2.45, 2.75) is 32.7 Å². The number of nitrogens with one attached hydrogen (secondary N) is 1. The van der Waals surface area contributed by atoms with Crippen molar-refractivity contribution in [3.8, 4) is 0 Å². The molecule has 1 atom stereocenters. The van der Waals surface area contributed by atoms with E-state index < -0.39 is 0 Å². The molecule has 58 valence electrons. The molecule has 0 aromatic carbocycles. The zero-order valence-electron chi connectivity index (χ0n) is 6.68. The van der Waals surface area contributed by atoms with Gasteiger partial charge in [0, 0.05) is 13.0 Å². The summed E-state index contributed by atoms with van der Waals surface area (Å²) in [5.41, 5.74) is 0. The van der Waals surface area contributed by atoms with Gasteiger partial charge in [-0.15, -0.1) is 6.58 Å². The molecule has 0 aromatic rings. The minimum Gasteiger partial charge on any atom is -0.350 e. The van der Waals surface area contributed by atoms with Crippen molar-refractivity contribution in [3.63, 3.8) is 0 Å². The maximum atomic E-state index is 10.5. The number of carbonyl (C=O) groups excluding carboxylic acids is 1. The second kappa shape index (κ2) is 5.03. The van der Waals surface area contributed by atoms with Gasteiger partial charge in [0.05, 0.1) is 0 Å². The molecule has 2 heteroatoms. The van der Waals surface area contributed by atoms with Crippen LogP contribution in [0.2, 0.25) is 0 Å². The highest BCUT2D eigenvalue weighted by Gasteiger charge is 2.01. The Hall–Kier alpha value is -0.790. The van der Waals surface area contributed by atoms with Gasteiger partial charge in [-0.05, 0) is 6.42 Å². The molecule has 0 bridgehead atoms. The highest BCUT2D eigenvalue weighted by atomic mass is 16.1. The fourth-order valence-electron chi connectivity index (χ4n) is 0.821. The van der Waals surface area contributed by atoms with Crippen molar-refractivity contribution in [1.29, 1.82) is 0 Å². The minimum absolute atomic E-state index is 0.0124. The molecule has 0 heterocycles. The molecule has 0 aromatic heterocycles. The van der Waals surface area contributed by atoms with Gasteiger partial charge in [0.2, 0.25) is 5.91 Å². The third-order valence-electron chi connectivity index (χ3n) is 1.27. The van der Waals surface area contributed by atoms with E-state index in [1.165, 1.54) is 6.92 Å². The minimum atomic E-state index is 0.0124. The average Bonchev–Trinajstić information content (AvgIpc) is 1.86. The van der Waals surface area contributed by atoms with Crippen LogP contribution in [0.1, 0.15) is 26.7 Å². The first-order valence-electron chi connectivity index (χ1n) is 3.60. The van der Waals surface area contributed by atoms with E-state index in [1.54, 1.807) is 6.08 Å². The van der Waals surface area contributed by atoms with E-state index in [-0.39, 0.29) is 11.9 Å². The molecule has 0 aliphatic heterocycles. The van der Waals surface area contributed by atoms with Crippen LogP contribution in [0.5, 0.6) is 0 Å². The molecule has 0 fully saturated rings. The summed E-state index contributed by atoms with van der Waals surface area (Å²) in [4.78, 5) is 10.5. The van der Waals surface area contributed by atoms with Gasteiger partial charge < -0.3 is 5.32 Å². The molecule has 1 N–H and O–H groups in total. The van der Waals surface area contributed by atoms with E-state index in [2.05, 4.69) is 18.8 Å². The van der Waals surface area contributed by atoms with Crippen LogP contribution in [0.4, 0.5) is 0 Å². The predicted molar refractivity (Wildman–Crippen MR) is 42.7 cm³/mol. The maximum absolute atomic E-state index is 10.5.